The second-order valence-corrected chi connectivity index (χ2v) is 6.68. The first-order valence-corrected chi connectivity index (χ1v) is 9.38. The van der Waals surface area contributed by atoms with E-state index in [4.69, 9.17) is 10.1 Å². The van der Waals surface area contributed by atoms with Crippen molar-refractivity contribution in [3.8, 4) is 22.8 Å². The number of benzene rings is 1. The van der Waals surface area contributed by atoms with Gasteiger partial charge in [0.15, 0.2) is 5.82 Å². The molecule has 3 heterocycles. The molecule has 1 saturated heterocycles. The van der Waals surface area contributed by atoms with E-state index in [0.29, 0.717) is 29.3 Å². The number of anilines is 1. The van der Waals surface area contributed by atoms with Crippen LogP contribution in [0.15, 0.2) is 54.7 Å². The SMILES string of the molecule is OCCN1CCN(c2cc(-c3ccccc3F)nc(-c3ccccn3)n2)CC1. The van der Waals surface area contributed by atoms with Crippen molar-refractivity contribution in [2.24, 2.45) is 0 Å². The molecule has 0 saturated carbocycles. The average Bonchev–Trinajstić information content (AvgIpc) is 2.75. The first-order valence-electron chi connectivity index (χ1n) is 9.38. The van der Waals surface area contributed by atoms with Crippen LogP contribution in [0.5, 0.6) is 0 Å². The molecule has 144 valence electrons. The normalized spacial score (nSPS) is 15.0. The number of aliphatic hydroxyl groups excluding tert-OH is 1. The minimum absolute atomic E-state index is 0.161. The van der Waals surface area contributed by atoms with Gasteiger partial charge in [0.2, 0.25) is 0 Å². The van der Waals surface area contributed by atoms with Gasteiger partial charge in [0.05, 0.1) is 12.3 Å². The van der Waals surface area contributed by atoms with Crippen LogP contribution in [-0.2, 0) is 0 Å². The Labute approximate surface area is 163 Å². The summed E-state index contributed by atoms with van der Waals surface area (Å²) in [7, 11) is 0. The van der Waals surface area contributed by atoms with Crippen LogP contribution in [0.4, 0.5) is 10.2 Å². The highest BCUT2D eigenvalue weighted by atomic mass is 19.1. The Morgan fingerprint density at radius 1 is 0.929 bits per heavy atom. The molecule has 0 atom stereocenters. The van der Waals surface area contributed by atoms with Gasteiger partial charge in [-0.15, -0.1) is 0 Å². The maximum atomic E-state index is 14.4. The molecule has 1 aromatic carbocycles. The van der Waals surface area contributed by atoms with E-state index in [0.717, 1.165) is 32.0 Å². The third kappa shape index (κ3) is 4.00. The van der Waals surface area contributed by atoms with Gasteiger partial charge in [0.25, 0.3) is 0 Å². The minimum Gasteiger partial charge on any atom is -0.395 e. The number of rotatable bonds is 5. The van der Waals surface area contributed by atoms with Crippen LogP contribution in [-0.4, -0.2) is 64.3 Å². The van der Waals surface area contributed by atoms with E-state index < -0.39 is 0 Å². The molecule has 1 aliphatic rings. The van der Waals surface area contributed by atoms with Crippen LogP contribution < -0.4 is 4.90 Å². The van der Waals surface area contributed by atoms with Gasteiger partial charge >= 0.3 is 0 Å². The zero-order valence-electron chi connectivity index (χ0n) is 15.5. The van der Waals surface area contributed by atoms with Crippen molar-refractivity contribution < 1.29 is 9.50 Å². The maximum Gasteiger partial charge on any atom is 0.180 e. The standard InChI is InChI=1S/C21H22FN5O/c22-17-6-2-1-5-16(17)19-15-20(27-11-9-26(10-12-27)13-14-28)25-21(24-19)18-7-3-4-8-23-18/h1-8,15,28H,9-14H2. The number of hydrogen-bond acceptors (Lipinski definition) is 6. The number of β-amino-alcohol motifs (C(OH)–C–C–N with tert-alkyl or cyclic N) is 1. The summed E-state index contributed by atoms with van der Waals surface area (Å²) in [6.07, 6.45) is 1.70. The summed E-state index contributed by atoms with van der Waals surface area (Å²) in [5.74, 6) is 0.929. The third-order valence-corrected chi connectivity index (χ3v) is 4.87. The first kappa shape index (κ1) is 18.5. The third-order valence-electron chi connectivity index (χ3n) is 4.87. The molecule has 1 fully saturated rings. The molecule has 28 heavy (non-hydrogen) atoms. The quantitative estimate of drug-likeness (QED) is 0.735. The van der Waals surface area contributed by atoms with Crippen molar-refractivity contribution in [3.63, 3.8) is 0 Å². The number of pyridine rings is 1. The number of aromatic nitrogens is 3. The van der Waals surface area contributed by atoms with Gasteiger partial charge in [-0.25, -0.2) is 14.4 Å². The number of halogens is 1. The van der Waals surface area contributed by atoms with Crippen molar-refractivity contribution in [1.82, 2.24) is 19.9 Å². The molecule has 4 rings (SSSR count). The van der Waals surface area contributed by atoms with Gasteiger partial charge < -0.3 is 10.0 Å². The highest BCUT2D eigenvalue weighted by molar-refractivity contribution is 5.67. The monoisotopic (exact) mass is 379 g/mol. The smallest absolute Gasteiger partial charge is 0.180 e. The van der Waals surface area contributed by atoms with Crippen molar-refractivity contribution in [1.29, 1.82) is 0 Å². The lowest BCUT2D eigenvalue weighted by molar-refractivity contribution is 0.188. The molecule has 1 N–H and O–H groups in total. The van der Waals surface area contributed by atoms with Gasteiger partial charge in [-0.3, -0.25) is 9.88 Å². The lowest BCUT2D eigenvalue weighted by Crippen LogP contribution is -2.47. The van der Waals surface area contributed by atoms with E-state index in [-0.39, 0.29) is 12.4 Å². The lowest BCUT2D eigenvalue weighted by atomic mass is 10.1. The van der Waals surface area contributed by atoms with E-state index in [2.05, 4.69) is 19.8 Å². The Hall–Kier alpha value is -2.90. The minimum atomic E-state index is -0.313. The molecule has 3 aromatic rings. The highest BCUT2D eigenvalue weighted by Crippen LogP contribution is 2.27. The van der Waals surface area contributed by atoms with Gasteiger partial charge in [0, 0.05) is 50.6 Å². The Bertz CT molecular complexity index is 929. The molecule has 0 amide bonds. The summed E-state index contributed by atoms with van der Waals surface area (Å²) >= 11 is 0. The fraction of sp³-hybridized carbons (Fsp3) is 0.286. The van der Waals surface area contributed by atoms with Gasteiger partial charge in [-0.2, -0.15) is 0 Å². The van der Waals surface area contributed by atoms with Crippen LogP contribution in [0, 0.1) is 5.82 Å². The van der Waals surface area contributed by atoms with Gasteiger partial charge in [0.1, 0.15) is 17.3 Å². The van der Waals surface area contributed by atoms with E-state index in [1.165, 1.54) is 6.07 Å². The van der Waals surface area contributed by atoms with Crippen molar-refractivity contribution >= 4 is 5.82 Å². The van der Waals surface area contributed by atoms with Crippen LogP contribution >= 0.6 is 0 Å². The fourth-order valence-corrected chi connectivity index (χ4v) is 3.35. The molecule has 6 nitrogen and oxygen atoms in total. The van der Waals surface area contributed by atoms with Crippen LogP contribution in [0.2, 0.25) is 0 Å². The summed E-state index contributed by atoms with van der Waals surface area (Å²) < 4.78 is 14.4. The summed E-state index contributed by atoms with van der Waals surface area (Å²) in [6, 6.07) is 14.0. The topological polar surface area (TPSA) is 65.4 Å². The van der Waals surface area contributed by atoms with Crippen molar-refractivity contribution in [2.45, 2.75) is 0 Å². The molecule has 7 heteroatoms. The van der Waals surface area contributed by atoms with Crippen molar-refractivity contribution in [3.05, 3.63) is 60.5 Å². The number of piperazine rings is 1. The lowest BCUT2D eigenvalue weighted by Gasteiger charge is -2.35. The Morgan fingerprint density at radius 2 is 1.71 bits per heavy atom. The van der Waals surface area contributed by atoms with Gasteiger partial charge in [-0.1, -0.05) is 18.2 Å². The molecule has 1 aliphatic heterocycles. The summed E-state index contributed by atoms with van der Waals surface area (Å²) in [4.78, 5) is 18.1. The van der Waals surface area contributed by atoms with E-state index in [1.807, 2.05) is 24.3 Å². The molecule has 0 radical (unpaired) electrons. The number of hydrogen-bond donors (Lipinski definition) is 1. The zero-order chi connectivity index (χ0) is 19.3. The average molecular weight is 379 g/mol. The van der Waals surface area contributed by atoms with Crippen LogP contribution in [0.1, 0.15) is 0 Å². The summed E-state index contributed by atoms with van der Waals surface area (Å²) in [5, 5.41) is 9.13. The second kappa shape index (κ2) is 8.41. The zero-order valence-corrected chi connectivity index (χ0v) is 15.5. The molecule has 2 aromatic heterocycles. The van der Waals surface area contributed by atoms with E-state index in [9.17, 15) is 4.39 Å². The van der Waals surface area contributed by atoms with Crippen molar-refractivity contribution in [2.75, 3.05) is 44.2 Å². The van der Waals surface area contributed by atoms with E-state index in [1.54, 1.807) is 24.4 Å². The fourth-order valence-electron chi connectivity index (χ4n) is 3.35. The second-order valence-electron chi connectivity index (χ2n) is 6.68. The van der Waals surface area contributed by atoms with E-state index >= 15 is 0 Å². The molecular weight excluding hydrogens is 357 g/mol. The molecule has 0 spiro atoms. The number of aliphatic hydroxyl groups is 1. The molecule has 0 unspecified atom stereocenters. The largest absolute Gasteiger partial charge is 0.395 e. The predicted octanol–water partition coefficient (Wildman–Crippen LogP) is 2.46. The molecule has 0 aliphatic carbocycles. The number of nitrogens with zero attached hydrogens (tertiary/aromatic N) is 5. The Morgan fingerprint density at radius 3 is 2.43 bits per heavy atom. The van der Waals surface area contributed by atoms with Crippen LogP contribution in [0.3, 0.4) is 0 Å². The predicted molar refractivity (Wildman–Crippen MR) is 106 cm³/mol. The van der Waals surface area contributed by atoms with Crippen LogP contribution in [0.25, 0.3) is 22.8 Å². The van der Waals surface area contributed by atoms with Gasteiger partial charge in [-0.05, 0) is 24.3 Å². The highest BCUT2D eigenvalue weighted by Gasteiger charge is 2.20. The Balaban J connectivity index is 1.72. The molecule has 0 bridgehead atoms. The molecular formula is C21H22FN5O. The maximum absolute atomic E-state index is 14.4. The first-order chi connectivity index (χ1) is 13.7. The summed E-state index contributed by atoms with van der Waals surface area (Å²) in [6.45, 7) is 4.10. The Kier molecular flexibility index (Phi) is 5.55. The summed E-state index contributed by atoms with van der Waals surface area (Å²) in [5.41, 5.74) is 1.64.